The number of hydrogen-bond donors (Lipinski definition) is 3. The molecule has 3 aromatic rings. The van der Waals surface area contributed by atoms with Gasteiger partial charge in [0.15, 0.2) is 15.0 Å². The summed E-state index contributed by atoms with van der Waals surface area (Å²) in [5.74, 6) is 0.209. The maximum absolute atomic E-state index is 12.5. The Balaban J connectivity index is 1.14. The number of nitrogens with one attached hydrogen (secondary N) is 3. The number of para-hydroxylation sites is 1. The summed E-state index contributed by atoms with van der Waals surface area (Å²) in [5.41, 5.74) is 3.70. The predicted molar refractivity (Wildman–Crippen MR) is 126 cm³/mol. The fraction of sp³-hybridized carbons (Fsp3) is 0.273. The molecule has 0 radical (unpaired) electrons. The smallest absolute Gasteiger partial charge is 0.251 e. The number of carbonyl (C=O) groups is 1. The number of amidine groups is 1. The Hall–Kier alpha value is -2.78. The van der Waals surface area contributed by atoms with Crippen molar-refractivity contribution in [1.29, 1.82) is 0 Å². The van der Waals surface area contributed by atoms with Crippen LogP contribution in [0.3, 0.4) is 0 Å². The van der Waals surface area contributed by atoms with Gasteiger partial charge in [-0.25, -0.2) is 8.42 Å². The van der Waals surface area contributed by atoms with E-state index in [1.54, 1.807) is 12.1 Å². The average molecular weight is 455 g/mol. The first-order chi connectivity index (χ1) is 15.0. The van der Waals surface area contributed by atoms with Gasteiger partial charge in [-0.05, 0) is 42.3 Å². The van der Waals surface area contributed by atoms with E-state index in [0.29, 0.717) is 12.1 Å². The van der Waals surface area contributed by atoms with E-state index in [2.05, 4.69) is 26.7 Å². The van der Waals surface area contributed by atoms with E-state index in [1.165, 1.54) is 22.7 Å². The summed E-state index contributed by atoms with van der Waals surface area (Å²) in [6.45, 7) is 0.555. The molecule has 0 bridgehead atoms. The number of anilines is 1. The Bertz CT molecular complexity index is 1270. The second-order valence-corrected chi connectivity index (χ2v) is 11.2. The highest BCUT2D eigenvalue weighted by Gasteiger charge is 2.42. The molecular weight excluding hydrogens is 432 g/mol. The first-order valence-electron chi connectivity index (χ1n) is 10.1. The Morgan fingerprint density at radius 1 is 1.13 bits per heavy atom. The first kappa shape index (κ1) is 20.1. The van der Waals surface area contributed by atoms with Gasteiger partial charge in [-0.1, -0.05) is 30.0 Å². The normalized spacial score (nSPS) is 21.6. The van der Waals surface area contributed by atoms with Crippen molar-refractivity contribution in [2.24, 2.45) is 4.99 Å². The SMILES string of the molecule is O=C(NCCc1c[nH]c2ccccc12)c1ccc(NC2=N[C@@H]3CS(=O)(=O)C[C@H]3S2)cc1. The summed E-state index contributed by atoms with van der Waals surface area (Å²) in [5, 5.41) is 8.12. The zero-order valence-corrected chi connectivity index (χ0v) is 18.3. The number of rotatable bonds is 5. The highest BCUT2D eigenvalue weighted by molar-refractivity contribution is 8.15. The third-order valence-electron chi connectivity index (χ3n) is 5.57. The third kappa shape index (κ3) is 4.33. The van der Waals surface area contributed by atoms with Gasteiger partial charge in [0.05, 0.1) is 17.5 Å². The average Bonchev–Trinajstić information content (AvgIpc) is 3.39. The van der Waals surface area contributed by atoms with Gasteiger partial charge in [-0.3, -0.25) is 9.79 Å². The summed E-state index contributed by atoms with van der Waals surface area (Å²) in [7, 11) is -2.95. The quantitative estimate of drug-likeness (QED) is 0.550. The van der Waals surface area contributed by atoms with Crippen molar-refractivity contribution in [3.63, 3.8) is 0 Å². The van der Waals surface area contributed by atoms with E-state index in [1.807, 2.05) is 36.5 Å². The zero-order valence-electron chi connectivity index (χ0n) is 16.7. The predicted octanol–water partition coefficient (Wildman–Crippen LogP) is 2.82. The Morgan fingerprint density at radius 2 is 1.94 bits per heavy atom. The molecule has 0 unspecified atom stereocenters. The lowest BCUT2D eigenvalue weighted by atomic mass is 10.1. The number of aromatic nitrogens is 1. The van der Waals surface area contributed by atoms with Gasteiger partial charge < -0.3 is 15.6 Å². The number of fused-ring (bicyclic) bond motifs is 2. The highest BCUT2D eigenvalue weighted by Crippen LogP contribution is 2.34. The molecule has 5 rings (SSSR count). The van der Waals surface area contributed by atoms with Crippen molar-refractivity contribution in [1.82, 2.24) is 10.3 Å². The van der Waals surface area contributed by atoms with Crippen LogP contribution in [0.4, 0.5) is 5.69 Å². The van der Waals surface area contributed by atoms with Crippen molar-refractivity contribution in [3.05, 3.63) is 65.9 Å². The summed E-state index contributed by atoms with van der Waals surface area (Å²) in [6, 6.07) is 15.2. The fourth-order valence-corrected chi connectivity index (χ4v) is 7.67. The number of aliphatic imine (C=N–C) groups is 1. The molecule has 0 aliphatic carbocycles. The molecule has 1 fully saturated rings. The summed E-state index contributed by atoms with van der Waals surface area (Å²) in [6.07, 6.45) is 2.75. The lowest BCUT2D eigenvalue weighted by Gasteiger charge is -2.08. The third-order valence-corrected chi connectivity index (χ3v) is 8.71. The van der Waals surface area contributed by atoms with Gasteiger partial charge in [-0.15, -0.1) is 0 Å². The van der Waals surface area contributed by atoms with Crippen LogP contribution in [-0.4, -0.2) is 53.8 Å². The van der Waals surface area contributed by atoms with E-state index in [4.69, 9.17) is 0 Å². The maximum Gasteiger partial charge on any atom is 0.251 e. The van der Waals surface area contributed by atoms with Gasteiger partial charge in [0.2, 0.25) is 0 Å². The van der Waals surface area contributed by atoms with Crippen molar-refractivity contribution >= 4 is 49.3 Å². The maximum atomic E-state index is 12.5. The Morgan fingerprint density at radius 3 is 2.74 bits per heavy atom. The lowest BCUT2D eigenvalue weighted by molar-refractivity contribution is 0.0954. The van der Waals surface area contributed by atoms with Crippen LogP contribution in [0, 0.1) is 0 Å². The number of carbonyl (C=O) groups excluding carboxylic acids is 1. The Labute approximate surface area is 184 Å². The van der Waals surface area contributed by atoms with Crippen molar-refractivity contribution in [2.45, 2.75) is 17.7 Å². The summed E-state index contributed by atoms with van der Waals surface area (Å²) in [4.78, 5) is 20.2. The number of amides is 1. The molecule has 3 N–H and O–H groups in total. The molecule has 31 heavy (non-hydrogen) atoms. The lowest BCUT2D eigenvalue weighted by Crippen LogP contribution is -2.25. The van der Waals surface area contributed by atoms with Gasteiger partial charge in [0.1, 0.15) is 0 Å². The molecule has 0 saturated carbocycles. The van der Waals surface area contributed by atoms with E-state index in [0.717, 1.165) is 22.8 Å². The van der Waals surface area contributed by atoms with Gasteiger partial charge >= 0.3 is 0 Å². The molecule has 160 valence electrons. The molecule has 1 amide bonds. The molecule has 3 heterocycles. The van der Waals surface area contributed by atoms with Crippen LogP contribution in [0.15, 0.2) is 59.7 Å². The van der Waals surface area contributed by atoms with Crippen LogP contribution in [-0.2, 0) is 16.3 Å². The molecular formula is C22H22N4O3S2. The van der Waals surface area contributed by atoms with E-state index in [-0.39, 0.29) is 28.7 Å². The van der Waals surface area contributed by atoms with Crippen LogP contribution >= 0.6 is 11.8 Å². The van der Waals surface area contributed by atoms with E-state index in [9.17, 15) is 13.2 Å². The topological polar surface area (TPSA) is 103 Å². The van der Waals surface area contributed by atoms with Crippen molar-refractivity contribution in [2.75, 3.05) is 23.4 Å². The molecule has 1 saturated heterocycles. The van der Waals surface area contributed by atoms with Crippen LogP contribution in [0.5, 0.6) is 0 Å². The molecule has 2 aliphatic rings. The molecule has 2 atom stereocenters. The molecule has 0 spiro atoms. The van der Waals surface area contributed by atoms with E-state index < -0.39 is 9.84 Å². The molecule has 9 heteroatoms. The van der Waals surface area contributed by atoms with Crippen LogP contribution < -0.4 is 10.6 Å². The number of aromatic amines is 1. The fourth-order valence-electron chi connectivity index (χ4n) is 4.00. The number of hydrogen-bond acceptors (Lipinski definition) is 6. The number of sulfone groups is 1. The van der Waals surface area contributed by atoms with Gasteiger partial charge in [0, 0.05) is 40.1 Å². The van der Waals surface area contributed by atoms with Crippen LogP contribution in [0.1, 0.15) is 15.9 Å². The van der Waals surface area contributed by atoms with Crippen molar-refractivity contribution in [3.8, 4) is 0 Å². The highest BCUT2D eigenvalue weighted by atomic mass is 32.2. The minimum atomic E-state index is -2.95. The van der Waals surface area contributed by atoms with Crippen LogP contribution in [0.25, 0.3) is 10.9 Å². The van der Waals surface area contributed by atoms with Gasteiger partial charge in [0.25, 0.3) is 5.91 Å². The molecule has 7 nitrogen and oxygen atoms in total. The van der Waals surface area contributed by atoms with Crippen LogP contribution in [0.2, 0.25) is 0 Å². The summed E-state index contributed by atoms with van der Waals surface area (Å²) >= 11 is 1.48. The molecule has 2 aromatic carbocycles. The number of benzene rings is 2. The largest absolute Gasteiger partial charge is 0.361 e. The number of nitrogens with zero attached hydrogens (tertiary/aromatic N) is 1. The monoisotopic (exact) mass is 454 g/mol. The Kier molecular flexibility index (Phi) is 5.23. The van der Waals surface area contributed by atoms with Gasteiger partial charge in [-0.2, -0.15) is 0 Å². The minimum absolute atomic E-state index is 0.00898. The zero-order chi connectivity index (χ0) is 21.4. The number of H-pyrrole nitrogens is 1. The second-order valence-electron chi connectivity index (χ2n) is 7.80. The number of thioether (sulfide) groups is 1. The summed E-state index contributed by atoms with van der Waals surface area (Å²) < 4.78 is 23.3. The van der Waals surface area contributed by atoms with E-state index >= 15 is 0 Å². The second kappa shape index (κ2) is 8.05. The standard InChI is InChI=1S/C22H22N4O3S2/c27-21(23-10-9-15-11-24-18-4-2-1-3-17(15)18)14-5-7-16(8-6-14)25-22-26-19-12-31(28,29)13-20(19)30-22/h1-8,11,19-20,24H,9-10,12-13H2,(H,23,27)(H,25,26)/t19-,20-/m1/s1. The molecule has 1 aromatic heterocycles. The van der Waals surface area contributed by atoms with Crippen molar-refractivity contribution < 1.29 is 13.2 Å². The molecule has 2 aliphatic heterocycles. The minimum Gasteiger partial charge on any atom is -0.361 e. The first-order valence-corrected chi connectivity index (χ1v) is 12.8.